The topological polar surface area (TPSA) is 54.5 Å². The van der Waals surface area contributed by atoms with Crippen molar-refractivity contribution in [1.82, 2.24) is 9.88 Å². The summed E-state index contributed by atoms with van der Waals surface area (Å²) in [6.45, 7) is 0. The monoisotopic (exact) mass is 259 g/mol. The number of carbonyl (C=O) groups excluding carboxylic acids is 1. The van der Waals surface area contributed by atoms with Crippen LogP contribution >= 0.6 is 11.3 Å². The minimum atomic E-state index is -0.848. The third-order valence-electron chi connectivity index (χ3n) is 1.80. The van der Waals surface area contributed by atoms with Gasteiger partial charge >= 0.3 is 0 Å². The van der Waals surface area contributed by atoms with Crippen LogP contribution in [0.2, 0.25) is 0 Å². The van der Waals surface area contributed by atoms with E-state index in [0.29, 0.717) is 5.13 Å². The van der Waals surface area contributed by atoms with Crippen LogP contribution in [0.3, 0.4) is 0 Å². The molecule has 0 atom stereocenters. The van der Waals surface area contributed by atoms with Crippen LogP contribution in [-0.4, -0.2) is 43.9 Å². The van der Waals surface area contributed by atoms with E-state index >= 15 is 0 Å². The van der Waals surface area contributed by atoms with Gasteiger partial charge in [0.25, 0.3) is 0 Å². The van der Waals surface area contributed by atoms with Gasteiger partial charge < -0.3 is 15.0 Å². The van der Waals surface area contributed by atoms with E-state index in [1.807, 2.05) is 0 Å². The van der Waals surface area contributed by atoms with Crippen molar-refractivity contribution in [3.63, 3.8) is 0 Å². The quantitative estimate of drug-likeness (QED) is 0.645. The molecular weight excluding hydrogens is 245 g/mol. The second-order valence-electron chi connectivity index (χ2n) is 3.38. The third kappa shape index (κ3) is 3.16. The highest BCUT2D eigenvalue weighted by Gasteiger charge is 2.22. The van der Waals surface area contributed by atoms with E-state index in [2.05, 4.69) is 10.3 Å². The molecule has 17 heavy (non-hydrogen) atoms. The molecule has 0 spiro atoms. The number of aromatic nitrogens is 1. The van der Waals surface area contributed by atoms with Crippen molar-refractivity contribution in [2.24, 2.45) is 0 Å². The lowest BCUT2D eigenvalue weighted by molar-refractivity contribution is 0.100. The van der Waals surface area contributed by atoms with Crippen LogP contribution in [0, 0.1) is 0 Å². The molecule has 7 heteroatoms. The van der Waals surface area contributed by atoms with E-state index in [1.54, 1.807) is 21.1 Å². The fourth-order valence-corrected chi connectivity index (χ4v) is 1.92. The van der Waals surface area contributed by atoms with Gasteiger partial charge in [0.05, 0.1) is 7.11 Å². The summed E-state index contributed by atoms with van der Waals surface area (Å²) in [7, 11) is 6.32. The predicted octanol–water partition coefficient (Wildman–Crippen LogP) is 1.75. The Hall–Kier alpha value is -1.63. The summed E-state index contributed by atoms with van der Waals surface area (Å²) in [4.78, 5) is 17.4. The van der Waals surface area contributed by atoms with Gasteiger partial charge in [-0.05, 0) is 0 Å². The van der Waals surface area contributed by atoms with Crippen molar-refractivity contribution in [1.29, 1.82) is 0 Å². The molecule has 0 aromatic carbocycles. The predicted molar refractivity (Wildman–Crippen MR) is 65.4 cm³/mol. The van der Waals surface area contributed by atoms with Crippen molar-refractivity contribution in [2.45, 2.75) is 0 Å². The molecular formula is C10H14FN3O2S. The van der Waals surface area contributed by atoms with Crippen LogP contribution in [-0.2, 0) is 0 Å². The molecule has 1 heterocycles. The zero-order valence-corrected chi connectivity index (χ0v) is 10.9. The molecule has 0 aliphatic heterocycles. The second kappa shape index (κ2) is 5.62. The van der Waals surface area contributed by atoms with Gasteiger partial charge in [-0.1, -0.05) is 11.3 Å². The summed E-state index contributed by atoms with van der Waals surface area (Å²) in [5, 5.41) is 3.28. The molecule has 0 aliphatic carbocycles. The summed E-state index contributed by atoms with van der Waals surface area (Å²) in [6, 6.07) is 0. The van der Waals surface area contributed by atoms with Crippen LogP contribution in [0.5, 0.6) is 5.88 Å². The summed E-state index contributed by atoms with van der Waals surface area (Å²) in [6.07, 6.45) is 1.11. The molecule has 1 aromatic rings. The van der Waals surface area contributed by atoms with Crippen LogP contribution in [0.25, 0.3) is 0 Å². The highest BCUT2D eigenvalue weighted by molar-refractivity contribution is 7.18. The van der Waals surface area contributed by atoms with Crippen LogP contribution in [0.15, 0.2) is 12.0 Å². The fourth-order valence-electron chi connectivity index (χ4n) is 1.09. The van der Waals surface area contributed by atoms with E-state index in [1.165, 1.54) is 12.0 Å². The number of carbonyl (C=O) groups is 1. The SMILES string of the molecule is CNc1nc(OC)c(C(=O)/C(F)=C\N(C)C)s1. The zero-order valence-electron chi connectivity index (χ0n) is 10.1. The zero-order chi connectivity index (χ0) is 13.0. The number of nitrogens with zero attached hydrogens (tertiary/aromatic N) is 2. The molecule has 0 aliphatic rings. The maximum atomic E-state index is 13.5. The van der Waals surface area contributed by atoms with Crippen molar-refractivity contribution in [2.75, 3.05) is 33.6 Å². The Kier molecular flexibility index (Phi) is 4.45. The Morgan fingerprint density at radius 1 is 1.59 bits per heavy atom. The highest BCUT2D eigenvalue weighted by Crippen LogP contribution is 2.30. The van der Waals surface area contributed by atoms with E-state index in [9.17, 15) is 9.18 Å². The van der Waals surface area contributed by atoms with Crippen molar-refractivity contribution < 1.29 is 13.9 Å². The lowest BCUT2D eigenvalue weighted by Gasteiger charge is -2.04. The van der Waals surface area contributed by atoms with Crippen LogP contribution < -0.4 is 10.1 Å². The number of hydrogen-bond acceptors (Lipinski definition) is 6. The Bertz CT molecular complexity index is 443. The first kappa shape index (κ1) is 13.4. The van der Waals surface area contributed by atoms with E-state index in [-0.39, 0.29) is 10.8 Å². The number of nitrogens with one attached hydrogen (secondary N) is 1. The average Bonchev–Trinajstić information content (AvgIpc) is 2.70. The van der Waals surface area contributed by atoms with Gasteiger partial charge in [-0.3, -0.25) is 4.79 Å². The molecule has 1 aromatic heterocycles. The highest BCUT2D eigenvalue weighted by atomic mass is 32.1. The first-order valence-electron chi connectivity index (χ1n) is 4.80. The standard InChI is InChI=1S/C10H14FN3O2S/c1-12-10-13-9(16-4)8(17-10)7(15)6(11)5-14(2)3/h5H,1-4H3,(H,12,13)/b6-5+. The number of ketones is 1. The number of rotatable bonds is 5. The first-order valence-corrected chi connectivity index (χ1v) is 5.62. The summed E-state index contributed by atoms with van der Waals surface area (Å²) in [5.41, 5.74) is 0. The Morgan fingerprint density at radius 3 is 2.71 bits per heavy atom. The van der Waals surface area contributed by atoms with Crippen LogP contribution in [0.4, 0.5) is 9.52 Å². The number of ether oxygens (including phenoxy) is 1. The lowest BCUT2D eigenvalue weighted by atomic mass is 10.3. The third-order valence-corrected chi connectivity index (χ3v) is 2.85. The van der Waals surface area contributed by atoms with Crippen molar-refractivity contribution in [3.8, 4) is 5.88 Å². The molecule has 1 N–H and O–H groups in total. The minimum Gasteiger partial charge on any atom is -0.480 e. The van der Waals surface area contributed by atoms with E-state index < -0.39 is 11.6 Å². The summed E-state index contributed by atoms with van der Waals surface area (Å²) in [5.74, 6) is -1.44. The van der Waals surface area contributed by atoms with Crippen molar-refractivity contribution in [3.05, 3.63) is 16.9 Å². The second-order valence-corrected chi connectivity index (χ2v) is 4.38. The number of methoxy groups -OCH3 is 1. The molecule has 0 fully saturated rings. The van der Waals surface area contributed by atoms with Gasteiger partial charge in [-0.25, -0.2) is 4.39 Å². The molecule has 1 rings (SSSR count). The molecule has 0 amide bonds. The van der Waals surface area contributed by atoms with Gasteiger partial charge in [-0.15, -0.1) is 0 Å². The lowest BCUT2D eigenvalue weighted by Crippen LogP contribution is -2.07. The number of allylic oxidation sites excluding steroid dienone is 1. The van der Waals surface area contributed by atoms with Crippen LogP contribution in [0.1, 0.15) is 9.67 Å². The normalized spacial score (nSPS) is 11.2. The molecule has 94 valence electrons. The minimum absolute atomic E-state index is 0.131. The Balaban J connectivity index is 3.07. The smallest absolute Gasteiger partial charge is 0.238 e. The molecule has 0 saturated carbocycles. The van der Waals surface area contributed by atoms with Gasteiger partial charge in [0.15, 0.2) is 11.0 Å². The van der Waals surface area contributed by atoms with Gasteiger partial charge in [-0.2, -0.15) is 4.98 Å². The Morgan fingerprint density at radius 2 is 2.24 bits per heavy atom. The van der Waals surface area contributed by atoms with Gasteiger partial charge in [0.1, 0.15) is 4.88 Å². The number of hydrogen-bond donors (Lipinski definition) is 1. The largest absolute Gasteiger partial charge is 0.480 e. The molecule has 0 saturated heterocycles. The number of Topliss-reactive ketones (excluding diaryl/α,β-unsaturated/α-hetero) is 1. The first-order chi connectivity index (χ1) is 7.99. The molecule has 5 nitrogen and oxygen atoms in total. The molecule has 0 radical (unpaired) electrons. The fraction of sp³-hybridized carbons (Fsp3) is 0.400. The maximum Gasteiger partial charge on any atom is 0.238 e. The number of anilines is 1. The van der Waals surface area contributed by atoms with E-state index in [0.717, 1.165) is 17.5 Å². The van der Waals surface area contributed by atoms with E-state index in [4.69, 9.17) is 4.74 Å². The molecule has 0 unspecified atom stereocenters. The number of thiazole rings is 1. The number of halogens is 1. The Labute approximate surface area is 103 Å². The van der Waals surface area contributed by atoms with Crippen molar-refractivity contribution >= 4 is 22.3 Å². The maximum absolute atomic E-state index is 13.5. The summed E-state index contributed by atoms with van der Waals surface area (Å²) >= 11 is 1.05. The van der Waals surface area contributed by atoms with Gasteiger partial charge in [0, 0.05) is 27.3 Å². The average molecular weight is 259 g/mol. The molecule has 0 bridgehead atoms. The van der Waals surface area contributed by atoms with Gasteiger partial charge in [0.2, 0.25) is 11.7 Å². The summed E-state index contributed by atoms with van der Waals surface area (Å²) < 4.78 is 18.5.